The first-order valence-electron chi connectivity index (χ1n) is 9.01. The summed E-state index contributed by atoms with van der Waals surface area (Å²) in [6.45, 7) is 3.81. The molecule has 5 heterocycles. The van der Waals surface area contributed by atoms with Gasteiger partial charge in [-0.15, -0.1) is 0 Å². The van der Waals surface area contributed by atoms with E-state index in [9.17, 15) is 9.59 Å². The van der Waals surface area contributed by atoms with E-state index < -0.39 is 0 Å². The third kappa shape index (κ3) is 3.34. The SMILES string of the molecule is Cc1cc(CC(=O)N2C[C@H]3CC[C@@H]2CN(C(=O)c2cccnc2)C3)on1. The number of nitrogens with zero attached hydrogens (tertiary/aromatic N) is 4. The third-order valence-electron chi connectivity index (χ3n) is 5.23. The van der Waals surface area contributed by atoms with E-state index in [0.717, 1.165) is 18.5 Å². The average Bonchev–Trinajstić information content (AvgIpc) is 2.86. The number of hydrogen-bond donors (Lipinski definition) is 0. The summed E-state index contributed by atoms with van der Waals surface area (Å²) in [6, 6.07) is 5.42. The van der Waals surface area contributed by atoms with Crippen molar-refractivity contribution in [2.45, 2.75) is 32.2 Å². The summed E-state index contributed by atoms with van der Waals surface area (Å²) >= 11 is 0. The number of fused-ring (bicyclic) bond motifs is 4. The number of piperidine rings is 1. The second-order valence-corrected chi connectivity index (χ2v) is 7.21. The summed E-state index contributed by atoms with van der Waals surface area (Å²) in [7, 11) is 0. The molecule has 0 N–H and O–H groups in total. The zero-order chi connectivity index (χ0) is 18.1. The van der Waals surface area contributed by atoms with E-state index in [-0.39, 0.29) is 24.3 Å². The molecule has 7 nitrogen and oxygen atoms in total. The zero-order valence-electron chi connectivity index (χ0n) is 14.8. The highest BCUT2D eigenvalue weighted by Gasteiger charge is 2.38. The second kappa shape index (κ2) is 6.90. The number of aryl methyl sites for hydroxylation is 1. The van der Waals surface area contributed by atoms with Gasteiger partial charge in [-0.25, -0.2) is 0 Å². The van der Waals surface area contributed by atoms with Gasteiger partial charge in [0.15, 0.2) is 0 Å². The maximum Gasteiger partial charge on any atom is 0.255 e. The molecule has 2 amide bonds. The molecule has 2 aromatic rings. The standard InChI is InChI=1S/C19H22N4O3/c1-13-7-17(26-21-13)8-18(24)23-11-14-4-5-16(23)12-22(10-14)19(25)15-3-2-6-20-9-15/h2-3,6-7,9,14,16H,4-5,8,10-12H2,1H3/t14-,16+/m0/s1. The Morgan fingerprint density at radius 3 is 2.88 bits per heavy atom. The van der Waals surface area contributed by atoms with Crippen molar-refractivity contribution in [3.8, 4) is 0 Å². The van der Waals surface area contributed by atoms with Crippen molar-refractivity contribution >= 4 is 11.8 Å². The Kier molecular flexibility index (Phi) is 4.44. The molecule has 0 spiro atoms. The van der Waals surface area contributed by atoms with Crippen LogP contribution < -0.4 is 0 Å². The largest absolute Gasteiger partial charge is 0.361 e. The average molecular weight is 354 g/mol. The fourth-order valence-electron chi connectivity index (χ4n) is 3.98. The van der Waals surface area contributed by atoms with Gasteiger partial charge in [0.25, 0.3) is 5.91 Å². The Balaban J connectivity index is 1.48. The molecule has 0 radical (unpaired) electrons. The molecule has 3 saturated heterocycles. The van der Waals surface area contributed by atoms with Gasteiger partial charge in [0.1, 0.15) is 5.76 Å². The lowest BCUT2D eigenvalue weighted by Crippen LogP contribution is -2.48. The lowest BCUT2D eigenvalue weighted by Gasteiger charge is -2.36. The molecule has 0 unspecified atom stereocenters. The highest BCUT2D eigenvalue weighted by atomic mass is 16.5. The Hall–Kier alpha value is -2.70. The van der Waals surface area contributed by atoms with E-state index in [1.807, 2.05) is 16.7 Å². The Morgan fingerprint density at radius 1 is 1.27 bits per heavy atom. The number of aromatic nitrogens is 2. The summed E-state index contributed by atoms with van der Waals surface area (Å²) in [4.78, 5) is 33.4. The molecule has 0 saturated carbocycles. The van der Waals surface area contributed by atoms with Crippen molar-refractivity contribution in [2.75, 3.05) is 19.6 Å². The van der Waals surface area contributed by atoms with Crippen LogP contribution in [0.15, 0.2) is 35.1 Å². The van der Waals surface area contributed by atoms with E-state index in [0.29, 0.717) is 36.9 Å². The minimum absolute atomic E-state index is 0.00448. The van der Waals surface area contributed by atoms with Gasteiger partial charge in [0.2, 0.25) is 5.91 Å². The van der Waals surface area contributed by atoms with Crippen molar-refractivity contribution in [1.82, 2.24) is 19.9 Å². The van der Waals surface area contributed by atoms with Crippen LogP contribution in [0.3, 0.4) is 0 Å². The molecule has 5 rings (SSSR count). The fourth-order valence-corrected chi connectivity index (χ4v) is 3.98. The van der Waals surface area contributed by atoms with Crippen molar-refractivity contribution in [3.63, 3.8) is 0 Å². The summed E-state index contributed by atoms with van der Waals surface area (Å²) in [5, 5.41) is 3.85. The third-order valence-corrected chi connectivity index (χ3v) is 5.23. The van der Waals surface area contributed by atoms with Gasteiger partial charge in [-0.05, 0) is 37.8 Å². The van der Waals surface area contributed by atoms with Crippen LogP contribution in [0.2, 0.25) is 0 Å². The smallest absolute Gasteiger partial charge is 0.255 e. The minimum atomic E-state index is -0.00448. The lowest BCUT2D eigenvalue weighted by atomic mass is 9.94. The molecule has 7 heteroatoms. The molecule has 3 aliphatic rings. The Morgan fingerprint density at radius 2 is 2.15 bits per heavy atom. The molecular formula is C19H22N4O3. The molecular weight excluding hydrogens is 332 g/mol. The van der Waals surface area contributed by atoms with Crippen LogP contribution >= 0.6 is 0 Å². The van der Waals surface area contributed by atoms with Gasteiger partial charge in [-0.2, -0.15) is 0 Å². The predicted octanol–water partition coefficient (Wildman–Crippen LogP) is 1.68. The van der Waals surface area contributed by atoms with Crippen molar-refractivity contribution in [1.29, 1.82) is 0 Å². The number of rotatable bonds is 3. The Bertz CT molecular complexity index is 804. The molecule has 2 aromatic heterocycles. The van der Waals surface area contributed by atoms with E-state index in [2.05, 4.69) is 10.1 Å². The molecule has 0 aliphatic carbocycles. The quantitative estimate of drug-likeness (QED) is 0.838. The first kappa shape index (κ1) is 16.8. The summed E-state index contributed by atoms with van der Waals surface area (Å²) < 4.78 is 5.19. The fraction of sp³-hybridized carbons (Fsp3) is 0.474. The van der Waals surface area contributed by atoms with Gasteiger partial charge >= 0.3 is 0 Å². The molecule has 136 valence electrons. The minimum Gasteiger partial charge on any atom is -0.361 e. The molecule has 3 aliphatic heterocycles. The number of pyridine rings is 1. The molecule has 2 bridgehead atoms. The molecule has 0 aromatic carbocycles. The number of carbonyl (C=O) groups is 2. The highest BCUT2D eigenvalue weighted by Crippen LogP contribution is 2.29. The molecule has 3 fully saturated rings. The highest BCUT2D eigenvalue weighted by molar-refractivity contribution is 5.94. The van der Waals surface area contributed by atoms with Gasteiger partial charge in [0, 0.05) is 44.1 Å². The first-order chi connectivity index (χ1) is 12.6. The van der Waals surface area contributed by atoms with Gasteiger partial charge in [-0.3, -0.25) is 14.6 Å². The normalized spacial score (nSPS) is 22.3. The van der Waals surface area contributed by atoms with Gasteiger partial charge < -0.3 is 14.3 Å². The van der Waals surface area contributed by atoms with Crippen LogP contribution in [-0.2, 0) is 11.2 Å². The molecule has 2 atom stereocenters. The van der Waals surface area contributed by atoms with E-state index in [1.165, 1.54) is 0 Å². The maximum atomic E-state index is 12.8. The van der Waals surface area contributed by atoms with Crippen LogP contribution in [0.1, 0.15) is 34.7 Å². The Labute approximate surface area is 152 Å². The van der Waals surface area contributed by atoms with Crippen molar-refractivity contribution in [3.05, 3.63) is 47.6 Å². The van der Waals surface area contributed by atoms with E-state index >= 15 is 0 Å². The number of hydrogen-bond acceptors (Lipinski definition) is 5. The molecule has 26 heavy (non-hydrogen) atoms. The van der Waals surface area contributed by atoms with Crippen molar-refractivity contribution < 1.29 is 14.1 Å². The summed E-state index contributed by atoms with van der Waals surface area (Å²) in [6.07, 6.45) is 5.47. The summed E-state index contributed by atoms with van der Waals surface area (Å²) in [5.41, 5.74) is 1.38. The van der Waals surface area contributed by atoms with Crippen LogP contribution in [0.4, 0.5) is 0 Å². The van der Waals surface area contributed by atoms with E-state index in [4.69, 9.17) is 4.52 Å². The zero-order valence-corrected chi connectivity index (χ0v) is 14.8. The number of carbonyl (C=O) groups excluding carboxylic acids is 2. The lowest BCUT2D eigenvalue weighted by molar-refractivity contribution is -0.134. The maximum absolute atomic E-state index is 12.8. The second-order valence-electron chi connectivity index (χ2n) is 7.21. The summed E-state index contributed by atoms with van der Waals surface area (Å²) in [5.74, 6) is 0.951. The van der Waals surface area contributed by atoms with Crippen molar-refractivity contribution in [2.24, 2.45) is 5.92 Å². The first-order valence-corrected chi connectivity index (χ1v) is 9.01. The predicted molar refractivity (Wildman–Crippen MR) is 93.3 cm³/mol. The van der Waals surface area contributed by atoms with Gasteiger partial charge in [-0.1, -0.05) is 5.16 Å². The van der Waals surface area contributed by atoms with Crippen LogP contribution in [-0.4, -0.2) is 57.4 Å². The van der Waals surface area contributed by atoms with Gasteiger partial charge in [0.05, 0.1) is 17.7 Å². The van der Waals surface area contributed by atoms with E-state index in [1.54, 1.807) is 30.6 Å². The van der Waals surface area contributed by atoms with Crippen LogP contribution in [0.25, 0.3) is 0 Å². The topological polar surface area (TPSA) is 79.5 Å². The monoisotopic (exact) mass is 354 g/mol. The number of amides is 2. The van der Waals surface area contributed by atoms with Crippen LogP contribution in [0, 0.1) is 12.8 Å². The van der Waals surface area contributed by atoms with Crippen LogP contribution in [0.5, 0.6) is 0 Å².